The first-order valence-electron chi connectivity index (χ1n) is 9.49. The number of halogens is 4. The van der Waals surface area contributed by atoms with E-state index < -0.39 is 28.7 Å². The molecular formula is C21H18ClF3N4O2S. The van der Waals surface area contributed by atoms with E-state index in [0.29, 0.717) is 18.9 Å². The third-order valence-electron chi connectivity index (χ3n) is 4.81. The molecule has 0 radical (unpaired) electrons. The maximum absolute atomic E-state index is 13.5. The number of β-amino-alcohol motifs (C(OH)–C–C–N with tert-alkyl or cyclic N) is 1. The fourth-order valence-corrected chi connectivity index (χ4v) is 4.38. The highest BCUT2D eigenvalue weighted by atomic mass is 35.5. The number of hydrogen-bond acceptors (Lipinski definition) is 6. The Balaban J connectivity index is 1.61. The van der Waals surface area contributed by atoms with Crippen LogP contribution in [0.3, 0.4) is 0 Å². The van der Waals surface area contributed by atoms with Gasteiger partial charge in [0.1, 0.15) is 17.2 Å². The Hall–Kier alpha value is -2.53. The maximum atomic E-state index is 13.5. The van der Waals surface area contributed by atoms with E-state index in [9.17, 15) is 22.8 Å². The van der Waals surface area contributed by atoms with Gasteiger partial charge in [-0.1, -0.05) is 35.9 Å². The number of aliphatic hydroxyl groups is 1. The SMILES string of the molecule is CC1(O)CN(c2cccc([S+]([O-])Nc3ccc(C(F)(F)F)c(-c4ccccc4Cl)n3)n2)C1. The number of pyridine rings is 2. The molecule has 1 unspecified atom stereocenters. The maximum Gasteiger partial charge on any atom is 0.418 e. The molecule has 1 aliphatic heterocycles. The van der Waals surface area contributed by atoms with E-state index in [1.54, 1.807) is 31.2 Å². The second-order valence-electron chi connectivity index (χ2n) is 7.63. The van der Waals surface area contributed by atoms with Crippen LogP contribution >= 0.6 is 11.6 Å². The van der Waals surface area contributed by atoms with Gasteiger partial charge in [0.25, 0.3) is 5.03 Å². The Morgan fingerprint density at radius 3 is 2.47 bits per heavy atom. The summed E-state index contributed by atoms with van der Waals surface area (Å²) in [4.78, 5) is 10.2. The fourth-order valence-electron chi connectivity index (χ4n) is 3.37. The van der Waals surface area contributed by atoms with Gasteiger partial charge in [-0.3, -0.25) is 0 Å². The standard InChI is InChI=1S/C21H18ClF3N4O2S/c1-20(30)11-29(12-20)17-7-4-8-18(27-17)32(31)28-16-10-9-14(21(23,24)25)19(26-16)13-5-2-3-6-15(13)22/h2-10,30H,11-12H2,1H3,(H,26,28). The van der Waals surface area contributed by atoms with Gasteiger partial charge in [0.15, 0.2) is 5.82 Å². The average molecular weight is 483 g/mol. The molecule has 3 aromatic rings. The molecule has 1 saturated heterocycles. The van der Waals surface area contributed by atoms with E-state index in [1.807, 2.05) is 4.90 Å². The summed E-state index contributed by atoms with van der Waals surface area (Å²) in [5, 5.41) is 10.2. The molecule has 168 valence electrons. The van der Waals surface area contributed by atoms with Crippen molar-refractivity contribution in [1.82, 2.24) is 9.97 Å². The summed E-state index contributed by atoms with van der Waals surface area (Å²) < 4.78 is 56.0. The second kappa shape index (κ2) is 8.43. The van der Waals surface area contributed by atoms with Crippen molar-refractivity contribution in [3.8, 4) is 11.3 Å². The molecule has 1 atom stereocenters. The van der Waals surface area contributed by atoms with E-state index in [1.165, 1.54) is 18.2 Å². The molecule has 1 aliphatic rings. The lowest BCUT2D eigenvalue weighted by molar-refractivity contribution is -0.137. The van der Waals surface area contributed by atoms with Gasteiger partial charge >= 0.3 is 6.18 Å². The molecular weight excluding hydrogens is 465 g/mol. The molecule has 32 heavy (non-hydrogen) atoms. The van der Waals surface area contributed by atoms with Crippen molar-refractivity contribution in [1.29, 1.82) is 0 Å². The normalized spacial score (nSPS) is 16.4. The van der Waals surface area contributed by atoms with Crippen molar-refractivity contribution in [2.45, 2.75) is 23.7 Å². The van der Waals surface area contributed by atoms with Crippen molar-refractivity contribution in [3.63, 3.8) is 0 Å². The van der Waals surface area contributed by atoms with E-state index in [4.69, 9.17) is 11.6 Å². The van der Waals surface area contributed by atoms with Crippen molar-refractivity contribution >= 4 is 34.6 Å². The van der Waals surface area contributed by atoms with Crippen LogP contribution < -0.4 is 9.62 Å². The molecule has 1 fully saturated rings. The number of nitrogens with one attached hydrogen (secondary N) is 1. The molecule has 0 bridgehead atoms. The smallest absolute Gasteiger partial charge is 0.418 e. The highest BCUT2D eigenvalue weighted by Crippen LogP contribution is 2.39. The summed E-state index contributed by atoms with van der Waals surface area (Å²) in [5.74, 6) is 0.520. The van der Waals surface area contributed by atoms with Crippen LogP contribution in [-0.2, 0) is 17.5 Å². The van der Waals surface area contributed by atoms with Crippen molar-refractivity contribution in [2.24, 2.45) is 0 Å². The Morgan fingerprint density at radius 2 is 1.81 bits per heavy atom. The highest BCUT2D eigenvalue weighted by molar-refractivity contribution is 7.92. The summed E-state index contributed by atoms with van der Waals surface area (Å²) in [6.07, 6.45) is -4.65. The van der Waals surface area contributed by atoms with Gasteiger partial charge in [-0.25, -0.2) is 4.98 Å². The highest BCUT2D eigenvalue weighted by Gasteiger charge is 2.38. The van der Waals surface area contributed by atoms with E-state index in [0.717, 1.165) is 12.1 Å². The van der Waals surface area contributed by atoms with Gasteiger partial charge in [-0.05, 0) is 31.2 Å². The first kappa shape index (κ1) is 22.7. The monoisotopic (exact) mass is 482 g/mol. The number of nitrogens with zero attached hydrogens (tertiary/aromatic N) is 3. The van der Waals surface area contributed by atoms with Crippen molar-refractivity contribution < 1.29 is 22.8 Å². The molecule has 0 spiro atoms. The Bertz CT molecular complexity index is 1140. The first-order valence-corrected chi connectivity index (χ1v) is 11.0. The fraction of sp³-hybridized carbons (Fsp3) is 0.238. The molecule has 4 rings (SSSR count). The number of hydrogen-bond donors (Lipinski definition) is 2. The number of alkyl halides is 3. The Kier molecular flexibility index (Phi) is 5.97. The molecule has 11 heteroatoms. The lowest BCUT2D eigenvalue weighted by Crippen LogP contribution is -2.60. The average Bonchev–Trinajstić information content (AvgIpc) is 2.71. The molecule has 1 aromatic carbocycles. The lowest BCUT2D eigenvalue weighted by Gasteiger charge is -2.44. The Morgan fingerprint density at radius 1 is 1.09 bits per heavy atom. The Labute approximate surface area is 190 Å². The first-order chi connectivity index (χ1) is 15.0. The van der Waals surface area contributed by atoms with Crippen LogP contribution in [0.15, 0.2) is 59.6 Å². The zero-order valence-electron chi connectivity index (χ0n) is 16.7. The minimum atomic E-state index is -4.65. The zero-order valence-corrected chi connectivity index (χ0v) is 18.3. The summed E-state index contributed by atoms with van der Waals surface area (Å²) in [5.41, 5.74) is -2.00. The summed E-state index contributed by atoms with van der Waals surface area (Å²) in [6, 6.07) is 13.0. The van der Waals surface area contributed by atoms with Crippen LogP contribution in [-0.4, -0.2) is 38.3 Å². The van der Waals surface area contributed by atoms with Gasteiger partial charge in [-0.2, -0.15) is 22.9 Å². The van der Waals surface area contributed by atoms with Gasteiger partial charge in [-0.15, -0.1) is 0 Å². The second-order valence-corrected chi connectivity index (χ2v) is 9.20. The number of benzene rings is 1. The van der Waals surface area contributed by atoms with Crippen LogP contribution in [0.1, 0.15) is 12.5 Å². The largest absolute Gasteiger partial charge is 0.587 e. The minimum Gasteiger partial charge on any atom is -0.587 e. The van der Waals surface area contributed by atoms with Crippen molar-refractivity contribution in [2.75, 3.05) is 22.7 Å². The van der Waals surface area contributed by atoms with Crippen LogP contribution in [0.5, 0.6) is 0 Å². The van der Waals surface area contributed by atoms with Crippen molar-refractivity contribution in [3.05, 3.63) is 65.2 Å². The lowest BCUT2D eigenvalue weighted by atomic mass is 9.97. The quantitative estimate of drug-likeness (QED) is 0.520. The third-order valence-corrected chi connectivity index (χ3v) is 6.14. The molecule has 2 aromatic heterocycles. The van der Waals surface area contributed by atoms with E-state index in [2.05, 4.69) is 14.7 Å². The molecule has 6 nitrogen and oxygen atoms in total. The number of aromatic nitrogens is 2. The molecule has 2 N–H and O–H groups in total. The minimum absolute atomic E-state index is 0.0228. The van der Waals surface area contributed by atoms with Crippen LogP contribution in [0.4, 0.5) is 24.8 Å². The van der Waals surface area contributed by atoms with Gasteiger partial charge in [0, 0.05) is 29.7 Å². The topological polar surface area (TPSA) is 84.3 Å². The van der Waals surface area contributed by atoms with E-state index >= 15 is 0 Å². The van der Waals surface area contributed by atoms with Crippen LogP contribution in [0.2, 0.25) is 5.02 Å². The summed E-state index contributed by atoms with van der Waals surface area (Å²) in [6.45, 7) is 2.50. The predicted octanol–water partition coefficient (Wildman–Crippen LogP) is 4.52. The van der Waals surface area contributed by atoms with Gasteiger partial charge in [0.05, 0.1) is 16.9 Å². The zero-order chi connectivity index (χ0) is 23.1. The summed E-state index contributed by atoms with van der Waals surface area (Å²) >= 11 is 4.22. The number of anilines is 2. The number of rotatable bonds is 5. The third kappa shape index (κ3) is 4.78. The molecule has 0 aliphatic carbocycles. The molecule has 3 heterocycles. The van der Waals surface area contributed by atoms with Crippen LogP contribution in [0, 0.1) is 0 Å². The summed E-state index contributed by atoms with van der Waals surface area (Å²) in [7, 11) is 0. The van der Waals surface area contributed by atoms with Gasteiger partial charge in [0.2, 0.25) is 0 Å². The van der Waals surface area contributed by atoms with E-state index in [-0.39, 0.29) is 27.1 Å². The molecule has 0 saturated carbocycles. The molecule has 0 amide bonds. The van der Waals surface area contributed by atoms with Crippen LogP contribution in [0.25, 0.3) is 11.3 Å². The van der Waals surface area contributed by atoms with Gasteiger partial charge < -0.3 is 14.6 Å². The predicted molar refractivity (Wildman–Crippen MR) is 117 cm³/mol.